The van der Waals surface area contributed by atoms with E-state index in [1.54, 1.807) is 26.2 Å². The van der Waals surface area contributed by atoms with Crippen LogP contribution in [0.5, 0.6) is 0 Å². The molecule has 1 unspecified atom stereocenters. The second-order valence-electron chi connectivity index (χ2n) is 9.44. The van der Waals surface area contributed by atoms with Crippen LogP contribution in [0.25, 0.3) is 22.5 Å². The molecule has 12 heteroatoms. The minimum atomic E-state index is -2.86. The number of fused-ring (bicyclic) bond motifs is 1. The first-order valence-electron chi connectivity index (χ1n) is 12.7. The molecule has 3 aromatic heterocycles. The van der Waals surface area contributed by atoms with E-state index in [9.17, 15) is 18.4 Å². The number of hydrogen-bond acceptors (Lipinski definition) is 7. The standard InChI is InChI=1S/C28H24F2N6O4/c29-24(30)26-33-32-25(40-26)19-10-11-20(31-14-19)15-35-22-8-4-5-9-23(22)36(27(35)37)21-12-13-34(16-21)28(38)39-17-18-6-2-1-3-7-18/h1-11,14,21,24H,12-13,15-17H2. The molecule has 5 aromatic rings. The van der Waals surface area contributed by atoms with Gasteiger partial charge < -0.3 is 14.1 Å². The largest absolute Gasteiger partial charge is 0.445 e. The molecule has 2 aromatic carbocycles. The van der Waals surface area contributed by atoms with Gasteiger partial charge in [0, 0.05) is 19.3 Å². The third-order valence-electron chi connectivity index (χ3n) is 6.88. The normalized spacial score (nSPS) is 15.3. The number of imidazole rings is 1. The van der Waals surface area contributed by atoms with Gasteiger partial charge in [0.15, 0.2) is 0 Å². The van der Waals surface area contributed by atoms with Crippen LogP contribution >= 0.6 is 0 Å². The highest BCUT2D eigenvalue weighted by Crippen LogP contribution is 2.27. The fourth-order valence-corrected chi connectivity index (χ4v) is 4.91. The number of carbonyl (C=O) groups is 1. The molecule has 0 N–H and O–H groups in total. The Labute approximate surface area is 226 Å². The summed E-state index contributed by atoms with van der Waals surface area (Å²) in [7, 11) is 0. The maximum absolute atomic E-state index is 13.7. The Balaban J connectivity index is 1.20. The third kappa shape index (κ3) is 4.95. The first kappa shape index (κ1) is 25.4. The van der Waals surface area contributed by atoms with Crippen LogP contribution in [0.4, 0.5) is 13.6 Å². The number of hydrogen-bond donors (Lipinski definition) is 0. The highest BCUT2D eigenvalue weighted by molar-refractivity contribution is 5.76. The molecule has 40 heavy (non-hydrogen) atoms. The summed E-state index contributed by atoms with van der Waals surface area (Å²) in [5.74, 6) is -0.815. The lowest BCUT2D eigenvalue weighted by Gasteiger charge is -2.17. The van der Waals surface area contributed by atoms with Crippen molar-refractivity contribution in [2.45, 2.75) is 32.0 Å². The molecular formula is C28H24F2N6O4. The van der Waals surface area contributed by atoms with Crippen molar-refractivity contribution in [3.05, 3.63) is 101 Å². The van der Waals surface area contributed by atoms with Crippen LogP contribution in [0.2, 0.25) is 0 Å². The summed E-state index contributed by atoms with van der Waals surface area (Å²) in [5.41, 5.74) is 3.17. The first-order chi connectivity index (χ1) is 19.5. The molecule has 1 aliphatic rings. The van der Waals surface area contributed by atoms with Crippen molar-refractivity contribution in [2.75, 3.05) is 13.1 Å². The molecule has 10 nitrogen and oxygen atoms in total. The minimum absolute atomic E-state index is 0.0591. The molecule has 1 aliphatic heterocycles. The van der Waals surface area contributed by atoms with Gasteiger partial charge in [0.05, 0.1) is 34.9 Å². The summed E-state index contributed by atoms with van der Waals surface area (Å²) >= 11 is 0. The van der Waals surface area contributed by atoms with Crippen LogP contribution in [-0.2, 0) is 17.9 Å². The molecule has 6 rings (SSSR count). The van der Waals surface area contributed by atoms with Crippen LogP contribution < -0.4 is 5.69 Å². The Kier molecular flexibility index (Phi) is 6.81. The van der Waals surface area contributed by atoms with Crippen molar-refractivity contribution in [3.63, 3.8) is 0 Å². The minimum Gasteiger partial charge on any atom is -0.445 e. The van der Waals surface area contributed by atoms with Gasteiger partial charge in [-0.15, -0.1) is 10.2 Å². The number of aromatic nitrogens is 5. The Morgan fingerprint density at radius 2 is 1.80 bits per heavy atom. The number of pyridine rings is 1. The van der Waals surface area contributed by atoms with E-state index in [0.29, 0.717) is 30.8 Å². The van der Waals surface area contributed by atoms with E-state index in [1.807, 2.05) is 54.6 Å². The number of rotatable bonds is 7. The Hall–Kier alpha value is -4.87. The van der Waals surface area contributed by atoms with Crippen molar-refractivity contribution in [3.8, 4) is 11.5 Å². The van der Waals surface area contributed by atoms with Crippen molar-refractivity contribution in [2.24, 2.45) is 0 Å². The summed E-state index contributed by atoms with van der Waals surface area (Å²) in [6, 6.07) is 20.1. The molecule has 1 saturated heterocycles. The molecule has 1 atom stereocenters. The van der Waals surface area contributed by atoms with Gasteiger partial charge >= 0.3 is 18.2 Å². The molecule has 0 spiro atoms. The van der Waals surface area contributed by atoms with E-state index in [4.69, 9.17) is 9.15 Å². The summed E-state index contributed by atoms with van der Waals surface area (Å²) in [5, 5.41) is 6.97. The summed E-state index contributed by atoms with van der Waals surface area (Å²) < 4.78 is 39.4. The molecule has 4 heterocycles. The van der Waals surface area contributed by atoms with Crippen molar-refractivity contribution in [1.29, 1.82) is 0 Å². The number of halogens is 2. The zero-order valence-electron chi connectivity index (χ0n) is 21.2. The van der Waals surface area contributed by atoms with Gasteiger partial charge in [-0.05, 0) is 36.2 Å². The van der Waals surface area contributed by atoms with Crippen LogP contribution in [0.3, 0.4) is 0 Å². The molecule has 1 amide bonds. The van der Waals surface area contributed by atoms with E-state index in [-0.39, 0.29) is 30.8 Å². The number of amides is 1. The van der Waals surface area contributed by atoms with Crippen LogP contribution in [0.1, 0.15) is 36.0 Å². The Bertz CT molecular complexity index is 1700. The lowest BCUT2D eigenvalue weighted by Crippen LogP contribution is -2.32. The van der Waals surface area contributed by atoms with E-state index in [0.717, 1.165) is 16.6 Å². The van der Waals surface area contributed by atoms with Crippen molar-refractivity contribution >= 4 is 17.1 Å². The zero-order valence-corrected chi connectivity index (χ0v) is 21.2. The van der Waals surface area contributed by atoms with E-state index in [1.165, 1.54) is 6.20 Å². The Morgan fingerprint density at radius 3 is 2.52 bits per heavy atom. The Morgan fingerprint density at radius 1 is 1.02 bits per heavy atom. The number of para-hydroxylation sites is 2. The summed E-state index contributed by atoms with van der Waals surface area (Å²) in [4.78, 5) is 32.4. The average molecular weight is 547 g/mol. The molecule has 0 bridgehead atoms. The number of benzene rings is 2. The fourth-order valence-electron chi connectivity index (χ4n) is 4.91. The smallest absolute Gasteiger partial charge is 0.410 e. The maximum Gasteiger partial charge on any atom is 0.410 e. The highest BCUT2D eigenvalue weighted by atomic mass is 19.3. The molecule has 0 saturated carbocycles. The number of nitrogens with zero attached hydrogens (tertiary/aromatic N) is 6. The SMILES string of the molecule is O=C(OCc1ccccc1)N1CCC(n2c(=O)n(Cc3ccc(-c4nnc(C(F)F)o4)cn3)c3ccccc32)C1. The van der Waals surface area contributed by atoms with Gasteiger partial charge in [0.1, 0.15) is 6.61 Å². The third-order valence-corrected chi connectivity index (χ3v) is 6.88. The predicted octanol–water partition coefficient (Wildman–Crippen LogP) is 4.82. The summed E-state index contributed by atoms with van der Waals surface area (Å²) in [6.45, 7) is 1.22. The van der Waals surface area contributed by atoms with Crippen molar-refractivity contribution in [1.82, 2.24) is 29.2 Å². The number of ether oxygens (including phenoxy) is 1. The number of alkyl halides is 2. The zero-order chi connectivity index (χ0) is 27.6. The lowest BCUT2D eigenvalue weighted by atomic mass is 10.2. The maximum atomic E-state index is 13.7. The van der Waals surface area contributed by atoms with E-state index >= 15 is 0 Å². The average Bonchev–Trinajstić information content (AvgIpc) is 3.72. The van der Waals surface area contributed by atoms with Gasteiger partial charge in [0.2, 0.25) is 5.89 Å². The highest BCUT2D eigenvalue weighted by Gasteiger charge is 2.31. The van der Waals surface area contributed by atoms with Crippen LogP contribution in [-0.4, -0.2) is 48.4 Å². The topological polar surface area (TPSA) is 108 Å². The fraction of sp³-hybridized carbons (Fsp3) is 0.250. The van der Waals surface area contributed by atoms with E-state index < -0.39 is 18.4 Å². The van der Waals surface area contributed by atoms with Gasteiger partial charge in [-0.2, -0.15) is 8.78 Å². The quantitative estimate of drug-likeness (QED) is 0.288. The monoisotopic (exact) mass is 546 g/mol. The lowest BCUT2D eigenvalue weighted by molar-refractivity contribution is 0.103. The molecule has 1 fully saturated rings. The molecule has 204 valence electrons. The molecule has 0 radical (unpaired) electrons. The molecular weight excluding hydrogens is 522 g/mol. The van der Waals surface area contributed by atoms with Crippen molar-refractivity contribution < 1.29 is 22.7 Å². The second-order valence-corrected chi connectivity index (χ2v) is 9.44. The second kappa shape index (κ2) is 10.7. The van der Waals surface area contributed by atoms with E-state index in [2.05, 4.69) is 15.2 Å². The van der Waals surface area contributed by atoms with Gasteiger partial charge in [-0.3, -0.25) is 14.1 Å². The van der Waals surface area contributed by atoms with Crippen LogP contribution in [0, 0.1) is 0 Å². The number of likely N-dealkylation sites (tertiary alicyclic amines) is 1. The summed E-state index contributed by atoms with van der Waals surface area (Å²) in [6.07, 6.45) is -1.21. The number of carbonyl (C=O) groups excluding carboxylic acids is 1. The van der Waals surface area contributed by atoms with Crippen LogP contribution in [0.15, 0.2) is 82.1 Å². The first-order valence-corrected chi connectivity index (χ1v) is 12.7. The molecule has 0 aliphatic carbocycles. The predicted molar refractivity (Wildman–Crippen MR) is 140 cm³/mol. The van der Waals surface area contributed by atoms with Gasteiger partial charge in [-0.25, -0.2) is 9.59 Å². The van der Waals surface area contributed by atoms with Gasteiger partial charge in [-0.1, -0.05) is 42.5 Å². The van der Waals surface area contributed by atoms with Gasteiger partial charge in [0.25, 0.3) is 5.89 Å².